The molecule has 2 N–H and O–H groups in total. The average Bonchev–Trinajstić information content (AvgIpc) is 2.54. The highest BCUT2D eigenvalue weighted by Crippen LogP contribution is 2.17. The number of thiocarbonyl (C=S) groups is 1. The van der Waals surface area contributed by atoms with Crippen LogP contribution in [-0.4, -0.2) is 24.0 Å². The third-order valence-electron chi connectivity index (χ3n) is 3.76. The molecule has 1 aromatic rings. The summed E-state index contributed by atoms with van der Waals surface area (Å²) in [5.41, 5.74) is 3.88. The van der Waals surface area contributed by atoms with E-state index in [1.54, 1.807) is 6.21 Å². The Labute approximate surface area is 144 Å². The summed E-state index contributed by atoms with van der Waals surface area (Å²) in [6, 6.07) is 8.39. The van der Waals surface area contributed by atoms with Gasteiger partial charge in [0.1, 0.15) is 5.75 Å². The van der Waals surface area contributed by atoms with Gasteiger partial charge in [-0.15, -0.1) is 0 Å². The fourth-order valence-electron chi connectivity index (χ4n) is 2.58. The predicted octanol–water partition coefficient (Wildman–Crippen LogP) is 3.85. The molecule has 0 amide bonds. The van der Waals surface area contributed by atoms with E-state index in [4.69, 9.17) is 17.0 Å². The molecule has 4 nitrogen and oxygen atoms in total. The van der Waals surface area contributed by atoms with Crippen molar-refractivity contribution in [1.29, 1.82) is 0 Å². The minimum Gasteiger partial charge on any atom is -0.493 e. The lowest BCUT2D eigenvalue weighted by Crippen LogP contribution is -2.40. The molecule has 1 aromatic carbocycles. The van der Waals surface area contributed by atoms with E-state index in [9.17, 15) is 0 Å². The molecule has 5 heteroatoms. The molecule has 126 valence electrons. The van der Waals surface area contributed by atoms with Crippen molar-refractivity contribution in [1.82, 2.24) is 10.7 Å². The van der Waals surface area contributed by atoms with Gasteiger partial charge in [-0.1, -0.05) is 45.2 Å². The second-order valence-electron chi connectivity index (χ2n) is 6.46. The first-order valence-electron chi connectivity index (χ1n) is 8.46. The van der Waals surface area contributed by atoms with Crippen LogP contribution in [0.25, 0.3) is 0 Å². The van der Waals surface area contributed by atoms with Gasteiger partial charge in [0, 0.05) is 6.04 Å². The Bertz CT molecular complexity index is 525. The summed E-state index contributed by atoms with van der Waals surface area (Å²) in [5, 5.41) is 8.14. The Morgan fingerprint density at radius 2 is 2.13 bits per heavy atom. The molecule has 0 aromatic heterocycles. The van der Waals surface area contributed by atoms with Crippen LogP contribution in [0, 0.1) is 5.92 Å². The number of rotatable bonds is 6. The van der Waals surface area contributed by atoms with Crippen molar-refractivity contribution in [3.8, 4) is 5.75 Å². The van der Waals surface area contributed by atoms with Crippen LogP contribution in [-0.2, 0) is 0 Å². The maximum atomic E-state index is 5.72. The lowest BCUT2D eigenvalue weighted by Gasteiger charge is -2.23. The topological polar surface area (TPSA) is 45.6 Å². The van der Waals surface area contributed by atoms with E-state index < -0.39 is 0 Å². The normalized spacial score (nSPS) is 15.8. The van der Waals surface area contributed by atoms with Gasteiger partial charge < -0.3 is 10.1 Å². The smallest absolute Gasteiger partial charge is 0.187 e. The second-order valence-corrected chi connectivity index (χ2v) is 6.86. The Morgan fingerprint density at radius 1 is 1.35 bits per heavy atom. The van der Waals surface area contributed by atoms with Crippen molar-refractivity contribution in [2.45, 2.75) is 52.0 Å². The van der Waals surface area contributed by atoms with Crippen LogP contribution in [0.1, 0.15) is 51.5 Å². The van der Waals surface area contributed by atoms with E-state index in [1.165, 1.54) is 32.1 Å². The van der Waals surface area contributed by atoms with Gasteiger partial charge in [0.25, 0.3) is 0 Å². The average molecular weight is 334 g/mol. The molecule has 1 fully saturated rings. The van der Waals surface area contributed by atoms with Crippen molar-refractivity contribution >= 4 is 23.5 Å². The summed E-state index contributed by atoms with van der Waals surface area (Å²) in [6.07, 6.45) is 8.06. The molecule has 1 aliphatic carbocycles. The molecule has 0 bridgehead atoms. The third-order valence-corrected chi connectivity index (χ3v) is 3.97. The van der Waals surface area contributed by atoms with Crippen LogP contribution in [0.2, 0.25) is 0 Å². The fourth-order valence-corrected chi connectivity index (χ4v) is 2.80. The Hall–Kier alpha value is -1.62. The molecular weight excluding hydrogens is 306 g/mol. The predicted molar refractivity (Wildman–Crippen MR) is 100 cm³/mol. The van der Waals surface area contributed by atoms with E-state index in [0.717, 1.165) is 11.3 Å². The van der Waals surface area contributed by atoms with Gasteiger partial charge in [-0.05, 0) is 48.7 Å². The number of hydrogen-bond acceptors (Lipinski definition) is 3. The van der Waals surface area contributed by atoms with Gasteiger partial charge in [-0.2, -0.15) is 5.10 Å². The van der Waals surface area contributed by atoms with Crippen molar-refractivity contribution in [2.75, 3.05) is 6.61 Å². The number of hydrogen-bond donors (Lipinski definition) is 2. The maximum Gasteiger partial charge on any atom is 0.187 e. The standard InChI is InChI=1S/C18H27N3OS/c1-14(2)13-22-17-10-6-7-15(11-17)12-19-21-18(23)20-16-8-4-3-5-9-16/h6-7,10-12,14,16H,3-5,8-9,13H2,1-2H3,(H2,20,21,23)/b19-12-. The van der Waals surface area contributed by atoms with Gasteiger partial charge in [-0.25, -0.2) is 0 Å². The van der Waals surface area contributed by atoms with Crippen LogP contribution in [0.4, 0.5) is 0 Å². The zero-order valence-corrected chi connectivity index (χ0v) is 14.9. The van der Waals surface area contributed by atoms with Gasteiger partial charge in [0.05, 0.1) is 12.8 Å². The number of hydrazone groups is 1. The lowest BCUT2D eigenvalue weighted by atomic mass is 9.96. The van der Waals surface area contributed by atoms with Crippen LogP contribution >= 0.6 is 12.2 Å². The number of nitrogens with one attached hydrogen (secondary N) is 2. The monoisotopic (exact) mass is 333 g/mol. The minimum atomic E-state index is 0.492. The first-order chi connectivity index (χ1) is 11.1. The van der Waals surface area contributed by atoms with E-state index in [-0.39, 0.29) is 0 Å². The van der Waals surface area contributed by atoms with Crippen molar-refractivity contribution < 1.29 is 4.74 Å². The van der Waals surface area contributed by atoms with Crippen LogP contribution in [0.5, 0.6) is 5.75 Å². The summed E-state index contributed by atoms with van der Waals surface area (Å²) < 4.78 is 5.72. The molecule has 23 heavy (non-hydrogen) atoms. The first kappa shape index (κ1) is 17.7. The molecule has 0 heterocycles. The van der Waals surface area contributed by atoms with E-state index in [1.807, 2.05) is 24.3 Å². The number of ether oxygens (including phenoxy) is 1. The molecule has 0 unspecified atom stereocenters. The molecule has 0 radical (unpaired) electrons. The Balaban J connectivity index is 1.77. The molecule has 2 rings (SSSR count). The number of benzene rings is 1. The SMILES string of the molecule is CC(C)COc1cccc(/C=N\NC(=S)NC2CCCCC2)c1. The van der Waals surface area contributed by atoms with E-state index in [2.05, 4.69) is 29.7 Å². The first-order valence-corrected chi connectivity index (χ1v) is 8.87. The number of nitrogens with zero attached hydrogens (tertiary/aromatic N) is 1. The van der Waals surface area contributed by atoms with Gasteiger partial charge in [0.15, 0.2) is 5.11 Å². The van der Waals surface area contributed by atoms with Crippen LogP contribution < -0.4 is 15.5 Å². The maximum absolute atomic E-state index is 5.72. The zero-order chi connectivity index (χ0) is 16.5. The summed E-state index contributed by atoms with van der Waals surface area (Å²) >= 11 is 5.29. The van der Waals surface area contributed by atoms with Crippen molar-refractivity contribution in [2.24, 2.45) is 11.0 Å². The van der Waals surface area contributed by atoms with Gasteiger partial charge in [-0.3, -0.25) is 5.43 Å². The molecule has 0 atom stereocenters. The Morgan fingerprint density at radius 3 is 2.87 bits per heavy atom. The zero-order valence-electron chi connectivity index (χ0n) is 14.0. The highest BCUT2D eigenvalue weighted by molar-refractivity contribution is 7.80. The van der Waals surface area contributed by atoms with Crippen LogP contribution in [0.3, 0.4) is 0 Å². The molecule has 0 aliphatic heterocycles. The molecule has 0 spiro atoms. The molecule has 1 aliphatic rings. The largest absolute Gasteiger partial charge is 0.493 e. The summed E-state index contributed by atoms with van der Waals surface area (Å²) in [5.74, 6) is 1.38. The third kappa shape index (κ3) is 6.99. The quantitative estimate of drug-likeness (QED) is 0.471. The second kappa shape index (κ2) is 9.50. The minimum absolute atomic E-state index is 0.492. The lowest BCUT2D eigenvalue weighted by molar-refractivity contribution is 0.271. The molecular formula is C18H27N3OS. The molecule has 0 saturated heterocycles. The van der Waals surface area contributed by atoms with E-state index in [0.29, 0.717) is 23.7 Å². The van der Waals surface area contributed by atoms with Crippen LogP contribution in [0.15, 0.2) is 29.4 Å². The van der Waals surface area contributed by atoms with Crippen molar-refractivity contribution in [3.05, 3.63) is 29.8 Å². The Kier molecular flexibility index (Phi) is 7.33. The fraction of sp³-hybridized carbons (Fsp3) is 0.556. The molecule has 1 saturated carbocycles. The van der Waals surface area contributed by atoms with E-state index >= 15 is 0 Å². The van der Waals surface area contributed by atoms with Crippen molar-refractivity contribution in [3.63, 3.8) is 0 Å². The van der Waals surface area contributed by atoms with Gasteiger partial charge >= 0.3 is 0 Å². The highest BCUT2D eigenvalue weighted by Gasteiger charge is 2.13. The highest BCUT2D eigenvalue weighted by atomic mass is 32.1. The summed E-state index contributed by atoms with van der Waals surface area (Å²) in [6.45, 7) is 4.99. The van der Waals surface area contributed by atoms with Gasteiger partial charge in [0.2, 0.25) is 0 Å². The summed E-state index contributed by atoms with van der Waals surface area (Å²) in [7, 11) is 0. The summed E-state index contributed by atoms with van der Waals surface area (Å²) in [4.78, 5) is 0.